The van der Waals surface area contributed by atoms with Crippen molar-refractivity contribution in [3.05, 3.63) is 57.9 Å². The third-order valence-electron chi connectivity index (χ3n) is 4.48. The Morgan fingerprint density at radius 1 is 1.32 bits per heavy atom. The van der Waals surface area contributed by atoms with Gasteiger partial charge in [0.1, 0.15) is 0 Å². The predicted molar refractivity (Wildman–Crippen MR) is 87.3 cm³/mol. The van der Waals surface area contributed by atoms with Crippen LogP contribution in [0.4, 0.5) is 0 Å². The molecule has 0 saturated heterocycles. The summed E-state index contributed by atoms with van der Waals surface area (Å²) >= 11 is 1.63. The van der Waals surface area contributed by atoms with Crippen molar-refractivity contribution in [2.75, 3.05) is 0 Å². The Labute approximate surface area is 132 Å². The van der Waals surface area contributed by atoms with Gasteiger partial charge in [0.25, 0.3) is 0 Å². The highest BCUT2D eigenvalue weighted by Gasteiger charge is 2.29. The number of fused-ring (bicyclic) bond motifs is 3. The van der Waals surface area contributed by atoms with E-state index < -0.39 is 0 Å². The van der Waals surface area contributed by atoms with E-state index in [0.717, 1.165) is 16.3 Å². The molecule has 4 rings (SSSR count). The number of carbonyl (C=O) groups is 1. The molecule has 0 radical (unpaired) electrons. The van der Waals surface area contributed by atoms with E-state index in [1.807, 2.05) is 5.38 Å². The fourth-order valence-corrected chi connectivity index (χ4v) is 3.88. The summed E-state index contributed by atoms with van der Waals surface area (Å²) in [6, 6.07) is 6.48. The quantitative estimate of drug-likeness (QED) is 0.750. The van der Waals surface area contributed by atoms with Crippen LogP contribution in [0.25, 0.3) is 4.96 Å². The van der Waals surface area contributed by atoms with Gasteiger partial charge < -0.3 is 5.32 Å². The van der Waals surface area contributed by atoms with Gasteiger partial charge in [0.05, 0.1) is 17.9 Å². The molecule has 4 nitrogen and oxygen atoms in total. The first-order valence-corrected chi connectivity index (χ1v) is 8.29. The van der Waals surface area contributed by atoms with Crippen LogP contribution in [-0.2, 0) is 11.3 Å². The van der Waals surface area contributed by atoms with Gasteiger partial charge in [-0.1, -0.05) is 18.2 Å². The average molecular weight is 311 g/mol. The molecule has 112 valence electrons. The molecule has 1 aliphatic rings. The van der Waals surface area contributed by atoms with Crippen LogP contribution < -0.4 is 5.32 Å². The first-order valence-electron chi connectivity index (χ1n) is 7.41. The predicted octanol–water partition coefficient (Wildman–Crippen LogP) is 3.16. The van der Waals surface area contributed by atoms with Crippen LogP contribution in [0, 0.1) is 13.8 Å². The van der Waals surface area contributed by atoms with E-state index in [4.69, 9.17) is 4.98 Å². The van der Waals surface area contributed by atoms with E-state index in [2.05, 4.69) is 48.0 Å². The molecule has 0 bridgehead atoms. The molecule has 0 aliphatic carbocycles. The van der Waals surface area contributed by atoms with Crippen molar-refractivity contribution < 1.29 is 4.79 Å². The van der Waals surface area contributed by atoms with E-state index in [1.165, 1.54) is 16.7 Å². The number of rotatable bonds is 1. The Kier molecular flexibility index (Phi) is 3.04. The maximum absolute atomic E-state index is 12.1. The summed E-state index contributed by atoms with van der Waals surface area (Å²) in [5.74, 6) is 0.145. The smallest absolute Gasteiger partial charge is 0.221 e. The number of amides is 1. The summed E-state index contributed by atoms with van der Waals surface area (Å²) in [5, 5.41) is 5.01. The van der Waals surface area contributed by atoms with E-state index in [9.17, 15) is 4.79 Å². The lowest BCUT2D eigenvalue weighted by Crippen LogP contribution is -2.21. The number of hydrogen-bond acceptors (Lipinski definition) is 3. The summed E-state index contributed by atoms with van der Waals surface area (Å²) in [4.78, 5) is 17.8. The molecule has 1 amide bonds. The monoisotopic (exact) mass is 311 g/mol. The van der Waals surface area contributed by atoms with E-state index in [-0.39, 0.29) is 11.8 Å². The zero-order chi connectivity index (χ0) is 15.3. The normalized spacial score (nSPS) is 18.1. The number of hydrogen-bond donors (Lipinski definition) is 1. The van der Waals surface area contributed by atoms with Crippen molar-refractivity contribution in [3.8, 4) is 0 Å². The van der Waals surface area contributed by atoms with Gasteiger partial charge in [0, 0.05) is 23.9 Å². The summed E-state index contributed by atoms with van der Waals surface area (Å²) in [6.07, 6.45) is 2.52. The SMILES string of the molecule is Cc1ccc(C2CC(=O)NCc3nc4sccn4c32)cc1C. The second-order valence-corrected chi connectivity index (χ2v) is 6.75. The molecule has 1 N–H and O–H groups in total. The Morgan fingerprint density at radius 3 is 3.00 bits per heavy atom. The lowest BCUT2D eigenvalue weighted by Gasteiger charge is -2.16. The van der Waals surface area contributed by atoms with Crippen LogP contribution in [0.5, 0.6) is 0 Å². The summed E-state index contributed by atoms with van der Waals surface area (Å²) in [5.41, 5.74) is 5.86. The first-order chi connectivity index (χ1) is 10.6. The fourth-order valence-electron chi connectivity index (χ4n) is 3.14. The molecule has 1 aliphatic heterocycles. The fraction of sp³-hybridized carbons (Fsp3) is 0.294. The van der Waals surface area contributed by atoms with E-state index in [1.54, 1.807) is 11.3 Å². The second kappa shape index (κ2) is 4.95. The molecule has 1 aromatic carbocycles. The van der Waals surface area contributed by atoms with Gasteiger partial charge in [0.15, 0.2) is 4.96 Å². The molecule has 1 atom stereocenters. The Balaban J connectivity index is 1.92. The number of thiazole rings is 1. The summed E-state index contributed by atoms with van der Waals surface area (Å²) in [7, 11) is 0. The van der Waals surface area contributed by atoms with Crippen LogP contribution in [0.3, 0.4) is 0 Å². The van der Waals surface area contributed by atoms with Crippen molar-refractivity contribution in [2.45, 2.75) is 32.7 Å². The minimum atomic E-state index is 0.0569. The third kappa shape index (κ3) is 2.04. The topological polar surface area (TPSA) is 46.4 Å². The lowest BCUT2D eigenvalue weighted by molar-refractivity contribution is -0.121. The zero-order valence-corrected chi connectivity index (χ0v) is 13.4. The number of carbonyl (C=O) groups excluding carboxylic acids is 1. The van der Waals surface area contributed by atoms with E-state index in [0.29, 0.717) is 13.0 Å². The van der Waals surface area contributed by atoms with Crippen molar-refractivity contribution in [1.82, 2.24) is 14.7 Å². The van der Waals surface area contributed by atoms with Crippen LogP contribution in [0.2, 0.25) is 0 Å². The van der Waals surface area contributed by atoms with Crippen LogP contribution in [0.15, 0.2) is 29.8 Å². The van der Waals surface area contributed by atoms with E-state index >= 15 is 0 Å². The minimum absolute atomic E-state index is 0.0569. The maximum atomic E-state index is 12.1. The molecular weight excluding hydrogens is 294 g/mol. The molecule has 22 heavy (non-hydrogen) atoms. The Bertz CT molecular complexity index is 877. The molecule has 0 saturated carbocycles. The molecular formula is C17H17N3OS. The Morgan fingerprint density at radius 2 is 2.18 bits per heavy atom. The summed E-state index contributed by atoms with van der Waals surface area (Å²) < 4.78 is 2.14. The lowest BCUT2D eigenvalue weighted by atomic mass is 9.89. The highest BCUT2D eigenvalue weighted by atomic mass is 32.1. The number of imidazole rings is 1. The van der Waals surface area contributed by atoms with Gasteiger partial charge in [-0.15, -0.1) is 11.3 Å². The zero-order valence-electron chi connectivity index (χ0n) is 12.6. The third-order valence-corrected chi connectivity index (χ3v) is 5.24. The van der Waals surface area contributed by atoms with Crippen molar-refractivity contribution in [3.63, 3.8) is 0 Å². The number of nitrogens with one attached hydrogen (secondary N) is 1. The Hall–Kier alpha value is -2.14. The molecule has 3 heterocycles. The number of aryl methyl sites for hydroxylation is 2. The molecule has 5 heteroatoms. The van der Waals surface area contributed by atoms with Crippen LogP contribution in [-0.4, -0.2) is 15.3 Å². The van der Waals surface area contributed by atoms with Crippen molar-refractivity contribution in [2.24, 2.45) is 0 Å². The second-order valence-electron chi connectivity index (χ2n) is 5.88. The summed E-state index contributed by atoms with van der Waals surface area (Å²) in [6.45, 7) is 4.75. The number of benzene rings is 1. The van der Waals surface area contributed by atoms with Crippen LogP contribution >= 0.6 is 11.3 Å². The largest absolute Gasteiger partial charge is 0.350 e. The molecule has 2 aromatic heterocycles. The maximum Gasteiger partial charge on any atom is 0.221 e. The van der Waals surface area contributed by atoms with Gasteiger partial charge in [-0.3, -0.25) is 9.20 Å². The van der Waals surface area contributed by atoms with Gasteiger partial charge >= 0.3 is 0 Å². The van der Waals surface area contributed by atoms with Gasteiger partial charge in [-0.05, 0) is 30.5 Å². The number of aromatic nitrogens is 2. The first kappa shape index (κ1) is 13.5. The van der Waals surface area contributed by atoms with Crippen molar-refractivity contribution >= 4 is 22.2 Å². The molecule has 0 spiro atoms. The average Bonchev–Trinajstić information content (AvgIpc) is 3.02. The minimum Gasteiger partial charge on any atom is -0.350 e. The highest BCUT2D eigenvalue weighted by molar-refractivity contribution is 7.15. The van der Waals surface area contributed by atoms with Gasteiger partial charge in [0.2, 0.25) is 5.91 Å². The molecule has 1 unspecified atom stereocenters. The molecule has 0 fully saturated rings. The molecule has 3 aromatic rings. The van der Waals surface area contributed by atoms with Gasteiger partial charge in [-0.2, -0.15) is 0 Å². The standard InChI is InChI=1S/C17H17N3OS/c1-10-3-4-12(7-11(10)2)13-8-15(21)18-9-14-16(13)20-5-6-22-17(20)19-14/h3-7,13H,8-9H2,1-2H3,(H,18,21). The number of nitrogens with zero attached hydrogens (tertiary/aromatic N) is 2. The van der Waals surface area contributed by atoms with Crippen molar-refractivity contribution in [1.29, 1.82) is 0 Å². The highest BCUT2D eigenvalue weighted by Crippen LogP contribution is 2.34. The van der Waals surface area contributed by atoms with Gasteiger partial charge in [-0.25, -0.2) is 4.98 Å². The van der Waals surface area contributed by atoms with Crippen LogP contribution in [0.1, 0.15) is 40.4 Å².